The molecule has 1 aromatic rings. The fourth-order valence-corrected chi connectivity index (χ4v) is 2.57. The number of aromatic nitrogens is 2. The number of nitrogens with one attached hydrogen (secondary N) is 1. The summed E-state index contributed by atoms with van der Waals surface area (Å²) in [6.07, 6.45) is 4.16. The van der Waals surface area contributed by atoms with Gasteiger partial charge in [-0.25, -0.2) is 9.97 Å². The monoisotopic (exact) mass is 263 g/mol. The predicted octanol–water partition coefficient (Wildman–Crippen LogP) is 2.22. The van der Waals surface area contributed by atoms with Crippen LogP contribution in [-0.4, -0.2) is 29.7 Å². The summed E-state index contributed by atoms with van der Waals surface area (Å²) in [5.41, 5.74) is 2.26. The molecule has 3 heterocycles. The number of nitrogens with zero attached hydrogens (tertiary/aromatic N) is 2. The Morgan fingerprint density at radius 2 is 2.26 bits per heavy atom. The van der Waals surface area contributed by atoms with E-state index in [1.54, 1.807) is 0 Å². The Kier molecular flexibility index (Phi) is 3.94. The van der Waals surface area contributed by atoms with Crippen LogP contribution in [-0.2, 0) is 22.5 Å². The van der Waals surface area contributed by atoms with Crippen LogP contribution in [0.1, 0.15) is 49.4 Å². The maximum Gasteiger partial charge on any atom is 0.159 e. The number of ether oxygens (including phenoxy) is 2. The highest BCUT2D eigenvalue weighted by atomic mass is 16.5. The highest BCUT2D eigenvalue weighted by Crippen LogP contribution is 2.30. The quantitative estimate of drug-likeness (QED) is 0.902. The minimum absolute atomic E-state index is 0.0790. The molecule has 5 nitrogen and oxygen atoms in total. The van der Waals surface area contributed by atoms with Gasteiger partial charge in [0.15, 0.2) is 5.82 Å². The summed E-state index contributed by atoms with van der Waals surface area (Å²) < 4.78 is 11.2. The van der Waals surface area contributed by atoms with Crippen molar-refractivity contribution in [3.05, 3.63) is 17.1 Å². The Bertz CT molecular complexity index is 445. The number of rotatable bonds is 4. The molecule has 1 unspecified atom stereocenters. The van der Waals surface area contributed by atoms with Crippen LogP contribution in [0, 0.1) is 0 Å². The zero-order chi connectivity index (χ0) is 13.1. The summed E-state index contributed by atoms with van der Waals surface area (Å²) in [5, 5.41) is 3.40. The molecule has 0 amide bonds. The lowest BCUT2D eigenvalue weighted by Crippen LogP contribution is -2.19. The molecule has 1 N–H and O–H groups in total. The van der Waals surface area contributed by atoms with E-state index in [-0.39, 0.29) is 6.10 Å². The van der Waals surface area contributed by atoms with Crippen molar-refractivity contribution in [2.75, 3.05) is 25.1 Å². The van der Waals surface area contributed by atoms with E-state index in [2.05, 4.69) is 17.2 Å². The van der Waals surface area contributed by atoms with Crippen molar-refractivity contribution in [3.8, 4) is 0 Å². The third-order valence-corrected chi connectivity index (χ3v) is 3.60. The summed E-state index contributed by atoms with van der Waals surface area (Å²) >= 11 is 0. The summed E-state index contributed by atoms with van der Waals surface area (Å²) in [6.45, 7) is 5.27. The molecule has 2 aliphatic heterocycles. The van der Waals surface area contributed by atoms with Gasteiger partial charge in [-0.15, -0.1) is 0 Å². The highest BCUT2D eigenvalue weighted by Gasteiger charge is 2.25. The lowest BCUT2D eigenvalue weighted by atomic mass is 10.1. The van der Waals surface area contributed by atoms with E-state index in [1.165, 1.54) is 0 Å². The molecule has 19 heavy (non-hydrogen) atoms. The largest absolute Gasteiger partial charge is 0.376 e. The molecule has 1 saturated heterocycles. The van der Waals surface area contributed by atoms with Crippen molar-refractivity contribution in [1.29, 1.82) is 0 Å². The molecule has 0 aliphatic carbocycles. The van der Waals surface area contributed by atoms with E-state index >= 15 is 0 Å². The van der Waals surface area contributed by atoms with E-state index in [0.29, 0.717) is 6.61 Å². The van der Waals surface area contributed by atoms with E-state index in [1.807, 2.05) is 0 Å². The Morgan fingerprint density at radius 3 is 3.05 bits per heavy atom. The fourth-order valence-electron chi connectivity index (χ4n) is 2.57. The second-order valence-corrected chi connectivity index (χ2v) is 5.09. The number of anilines is 1. The van der Waals surface area contributed by atoms with Crippen molar-refractivity contribution in [1.82, 2.24) is 9.97 Å². The molecule has 5 heteroatoms. The zero-order valence-electron chi connectivity index (χ0n) is 11.4. The Labute approximate surface area is 113 Å². The highest BCUT2D eigenvalue weighted by molar-refractivity contribution is 5.47. The molecular weight excluding hydrogens is 242 g/mol. The Balaban J connectivity index is 1.92. The van der Waals surface area contributed by atoms with Gasteiger partial charge in [0.2, 0.25) is 0 Å². The fraction of sp³-hybridized carbons (Fsp3) is 0.714. The molecule has 1 aromatic heterocycles. The number of fused-ring (bicyclic) bond motifs is 1. The van der Waals surface area contributed by atoms with Crippen molar-refractivity contribution < 1.29 is 9.47 Å². The summed E-state index contributed by atoms with van der Waals surface area (Å²) in [7, 11) is 0. The lowest BCUT2D eigenvalue weighted by Gasteiger charge is -2.21. The first kappa shape index (κ1) is 12.8. The van der Waals surface area contributed by atoms with Crippen LogP contribution in [0.3, 0.4) is 0 Å². The second kappa shape index (κ2) is 5.84. The molecule has 0 spiro atoms. The van der Waals surface area contributed by atoms with E-state index < -0.39 is 0 Å². The molecule has 3 rings (SSSR count). The minimum Gasteiger partial charge on any atom is -0.376 e. The van der Waals surface area contributed by atoms with Crippen LogP contribution in [0.15, 0.2) is 0 Å². The molecule has 0 bridgehead atoms. The van der Waals surface area contributed by atoms with Crippen molar-refractivity contribution in [2.45, 2.75) is 45.3 Å². The van der Waals surface area contributed by atoms with Gasteiger partial charge >= 0.3 is 0 Å². The second-order valence-electron chi connectivity index (χ2n) is 5.09. The Morgan fingerprint density at radius 1 is 1.32 bits per heavy atom. The van der Waals surface area contributed by atoms with Gasteiger partial charge in [0.25, 0.3) is 0 Å². The van der Waals surface area contributed by atoms with Gasteiger partial charge in [-0.05, 0) is 19.3 Å². The van der Waals surface area contributed by atoms with Gasteiger partial charge in [0.05, 0.1) is 18.9 Å². The van der Waals surface area contributed by atoms with Crippen LogP contribution in [0.2, 0.25) is 0 Å². The maximum absolute atomic E-state index is 5.71. The van der Waals surface area contributed by atoms with Gasteiger partial charge < -0.3 is 14.8 Å². The van der Waals surface area contributed by atoms with E-state index in [0.717, 1.165) is 68.3 Å². The third kappa shape index (κ3) is 2.72. The van der Waals surface area contributed by atoms with Crippen LogP contribution in [0.5, 0.6) is 0 Å². The molecular formula is C14H21N3O2. The van der Waals surface area contributed by atoms with Crippen LogP contribution in [0.25, 0.3) is 0 Å². The third-order valence-electron chi connectivity index (χ3n) is 3.60. The zero-order valence-corrected chi connectivity index (χ0v) is 11.4. The van der Waals surface area contributed by atoms with Gasteiger partial charge in [0, 0.05) is 25.1 Å². The molecule has 0 saturated carbocycles. The lowest BCUT2D eigenvalue weighted by molar-refractivity contribution is 0.0990. The first-order valence-corrected chi connectivity index (χ1v) is 7.21. The van der Waals surface area contributed by atoms with Crippen LogP contribution >= 0.6 is 0 Å². The van der Waals surface area contributed by atoms with Crippen LogP contribution in [0.4, 0.5) is 5.82 Å². The predicted molar refractivity (Wildman–Crippen MR) is 72.1 cm³/mol. The molecule has 1 atom stereocenters. The summed E-state index contributed by atoms with van der Waals surface area (Å²) in [4.78, 5) is 9.39. The van der Waals surface area contributed by atoms with Gasteiger partial charge in [0.1, 0.15) is 11.9 Å². The van der Waals surface area contributed by atoms with Gasteiger partial charge in [-0.3, -0.25) is 0 Å². The average molecular weight is 263 g/mol. The smallest absolute Gasteiger partial charge is 0.159 e. The topological polar surface area (TPSA) is 56.3 Å². The maximum atomic E-state index is 5.71. The number of hydrogen-bond donors (Lipinski definition) is 1. The van der Waals surface area contributed by atoms with Gasteiger partial charge in [-0.2, -0.15) is 0 Å². The van der Waals surface area contributed by atoms with Crippen molar-refractivity contribution in [2.24, 2.45) is 0 Å². The van der Waals surface area contributed by atoms with Crippen molar-refractivity contribution in [3.63, 3.8) is 0 Å². The van der Waals surface area contributed by atoms with Crippen LogP contribution < -0.4 is 5.32 Å². The van der Waals surface area contributed by atoms with E-state index in [4.69, 9.17) is 14.5 Å². The standard InChI is InChI=1S/C14H21N3O2/c1-2-6-15-13-10-9-18-8-5-11(10)16-14(17-13)12-4-3-7-19-12/h12H,2-9H2,1H3,(H,15,16,17). The molecule has 0 aromatic carbocycles. The molecule has 0 radical (unpaired) electrons. The SMILES string of the molecule is CCCNc1nc(C2CCCO2)nc2c1COCC2. The minimum atomic E-state index is 0.0790. The first-order chi connectivity index (χ1) is 9.38. The average Bonchev–Trinajstić information content (AvgIpc) is 2.98. The normalized spacial score (nSPS) is 22.3. The summed E-state index contributed by atoms with van der Waals surface area (Å²) in [5.74, 6) is 1.79. The molecule has 104 valence electrons. The van der Waals surface area contributed by atoms with Crippen molar-refractivity contribution >= 4 is 5.82 Å². The molecule has 2 aliphatic rings. The van der Waals surface area contributed by atoms with E-state index in [9.17, 15) is 0 Å². The first-order valence-electron chi connectivity index (χ1n) is 7.21. The number of hydrogen-bond acceptors (Lipinski definition) is 5. The van der Waals surface area contributed by atoms with Gasteiger partial charge in [-0.1, -0.05) is 6.92 Å². The molecule has 1 fully saturated rings. The Hall–Kier alpha value is -1.20. The summed E-state index contributed by atoms with van der Waals surface area (Å²) in [6, 6.07) is 0.